The average molecular weight is 349 g/mol. The maximum absolute atomic E-state index is 12.7. The fourth-order valence-corrected chi connectivity index (χ4v) is 2.49. The van der Waals surface area contributed by atoms with E-state index in [1.807, 2.05) is 13.8 Å². The molecule has 0 aromatic carbocycles. The molecule has 0 fully saturated rings. The number of halogens is 4. The molecule has 2 heterocycles. The van der Waals surface area contributed by atoms with Crippen molar-refractivity contribution in [2.75, 3.05) is 0 Å². The van der Waals surface area contributed by atoms with E-state index in [0.717, 1.165) is 0 Å². The first kappa shape index (κ1) is 15.0. The number of alkyl halides is 3. The van der Waals surface area contributed by atoms with Crippen LogP contribution in [0.1, 0.15) is 30.2 Å². The number of rotatable bonds is 3. The van der Waals surface area contributed by atoms with Gasteiger partial charge < -0.3 is 4.40 Å². The molecule has 2 aromatic heterocycles. The molecule has 2 aromatic rings. The van der Waals surface area contributed by atoms with Crippen LogP contribution in [-0.2, 0) is 6.42 Å². The molecule has 0 saturated carbocycles. The van der Waals surface area contributed by atoms with Crippen LogP contribution in [0.2, 0.25) is 0 Å². The number of fused-ring (bicyclic) bond motifs is 1. The van der Waals surface area contributed by atoms with Gasteiger partial charge in [-0.2, -0.15) is 13.2 Å². The molecule has 0 bridgehead atoms. The standard InChI is InChI=1S/C13H12BrF3N2O/c1-7(2)6-9-18-10(12(20)13(15,16)17)11-8(14)4-3-5-19(9)11/h3-5,7H,6H2,1-2H3. The summed E-state index contributed by atoms with van der Waals surface area (Å²) in [6.07, 6.45) is -2.83. The van der Waals surface area contributed by atoms with Crippen LogP contribution in [0, 0.1) is 5.92 Å². The van der Waals surface area contributed by atoms with E-state index in [2.05, 4.69) is 20.9 Å². The van der Waals surface area contributed by atoms with E-state index in [1.54, 1.807) is 18.3 Å². The molecule has 0 aliphatic rings. The van der Waals surface area contributed by atoms with Gasteiger partial charge in [0.2, 0.25) is 0 Å². The Bertz CT molecular complexity index is 661. The highest BCUT2D eigenvalue weighted by Gasteiger charge is 2.42. The molecule has 2 rings (SSSR count). The van der Waals surface area contributed by atoms with Gasteiger partial charge in [-0.3, -0.25) is 4.79 Å². The molecule has 0 amide bonds. The van der Waals surface area contributed by atoms with Crippen LogP contribution < -0.4 is 0 Å². The Labute approximate surface area is 121 Å². The summed E-state index contributed by atoms with van der Waals surface area (Å²) in [6, 6.07) is 3.27. The predicted octanol–water partition coefficient (Wildman–Crippen LogP) is 4.04. The molecular formula is C13H12BrF3N2O. The van der Waals surface area contributed by atoms with Crippen molar-refractivity contribution in [2.45, 2.75) is 26.4 Å². The Morgan fingerprint density at radius 3 is 2.65 bits per heavy atom. The quantitative estimate of drug-likeness (QED) is 0.784. The molecule has 0 radical (unpaired) electrons. The Kier molecular flexibility index (Phi) is 3.90. The van der Waals surface area contributed by atoms with E-state index in [0.29, 0.717) is 16.7 Å². The number of pyridine rings is 1. The minimum Gasteiger partial charge on any atom is -0.302 e. The predicted molar refractivity (Wildman–Crippen MR) is 71.8 cm³/mol. The zero-order valence-corrected chi connectivity index (χ0v) is 12.4. The topological polar surface area (TPSA) is 34.4 Å². The van der Waals surface area contributed by atoms with E-state index in [1.165, 1.54) is 4.40 Å². The van der Waals surface area contributed by atoms with Gasteiger partial charge in [-0.05, 0) is 34.0 Å². The first-order chi connectivity index (χ1) is 9.21. The Morgan fingerprint density at radius 2 is 2.10 bits per heavy atom. The summed E-state index contributed by atoms with van der Waals surface area (Å²) >= 11 is 3.18. The molecule has 0 aliphatic carbocycles. The minimum atomic E-state index is -4.93. The number of carbonyl (C=O) groups is 1. The second-order valence-electron chi connectivity index (χ2n) is 4.88. The van der Waals surface area contributed by atoms with Gasteiger partial charge in [0.05, 0.1) is 5.52 Å². The summed E-state index contributed by atoms with van der Waals surface area (Å²) in [7, 11) is 0. The van der Waals surface area contributed by atoms with Crippen molar-refractivity contribution in [2.24, 2.45) is 5.92 Å². The van der Waals surface area contributed by atoms with Crippen molar-refractivity contribution in [3.05, 3.63) is 34.3 Å². The summed E-state index contributed by atoms with van der Waals surface area (Å²) in [5.74, 6) is -1.26. The highest BCUT2D eigenvalue weighted by molar-refractivity contribution is 9.10. The van der Waals surface area contributed by atoms with Gasteiger partial charge in [0, 0.05) is 17.1 Å². The van der Waals surface area contributed by atoms with Gasteiger partial charge in [-0.15, -0.1) is 0 Å². The zero-order valence-electron chi connectivity index (χ0n) is 10.8. The van der Waals surface area contributed by atoms with Crippen molar-refractivity contribution in [3.8, 4) is 0 Å². The largest absolute Gasteiger partial charge is 0.456 e. The van der Waals surface area contributed by atoms with E-state index in [9.17, 15) is 18.0 Å². The monoisotopic (exact) mass is 348 g/mol. The molecule has 0 unspecified atom stereocenters. The lowest BCUT2D eigenvalue weighted by Crippen LogP contribution is -2.23. The lowest BCUT2D eigenvalue weighted by molar-refractivity contribution is -0.0887. The molecule has 3 nitrogen and oxygen atoms in total. The summed E-state index contributed by atoms with van der Waals surface area (Å²) in [5.41, 5.74) is -0.397. The number of hydrogen-bond donors (Lipinski definition) is 0. The van der Waals surface area contributed by atoms with Crippen LogP contribution in [0.25, 0.3) is 5.52 Å². The average Bonchev–Trinajstić information content (AvgIpc) is 2.66. The second-order valence-corrected chi connectivity index (χ2v) is 5.73. The fraction of sp³-hybridized carbons (Fsp3) is 0.385. The SMILES string of the molecule is CC(C)Cc1nc(C(=O)C(F)(F)F)c2c(Br)cccn12. The number of hydrogen-bond acceptors (Lipinski definition) is 2. The molecule has 20 heavy (non-hydrogen) atoms. The maximum Gasteiger partial charge on any atom is 0.456 e. The van der Waals surface area contributed by atoms with E-state index >= 15 is 0 Å². The number of ketones is 1. The third-order valence-corrected chi connectivity index (χ3v) is 3.39. The van der Waals surface area contributed by atoms with Crippen molar-refractivity contribution in [3.63, 3.8) is 0 Å². The van der Waals surface area contributed by atoms with E-state index in [4.69, 9.17) is 0 Å². The molecular weight excluding hydrogens is 337 g/mol. The van der Waals surface area contributed by atoms with Gasteiger partial charge in [-0.25, -0.2) is 4.98 Å². The van der Waals surface area contributed by atoms with Crippen LogP contribution in [-0.4, -0.2) is 21.3 Å². The van der Waals surface area contributed by atoms with Crippen molar-refractivity contribution < 1.29 is 18.0 Å². The van der Waals surface area contributed by atoms with Crippen LogP contribution in [0.4, 0.5) is 13.2 Å². The molecule has 0 aliphatic heterocycles. The van der Waals surface area contributed by atoms with Gasteiger partial charge in [0.25, 0.3) is 5.78 Å². The highest BCUT2D eigenvalue weighted by atomic mass is 79.9. The molecule has 108 valence electrons. The minimum absolute atomic E-state index is 0.158. The van der Waals surface area contributed by atoms with Gasteiger partial charge >= 0.3 is 6.18 Å². The molecule has 0 N–H and O–H groups in total. The van der Waals surface area contributed by atoms with Crippen molar-refractivity contribution in [1.29, 1.82) is 0 Å². The molecule has 0 atom stereocenters. The molecule has 0 spiro atoms. The van der Waals surface area contributed by atoms with E-state index in [-0.39, 0.29) is 11.4 Å². The van der Waals surface area contributed by atoms with E-state index < -0.39 is 17.7 Å². The third kappa shape index (κ3) is 2.72. The third-order valence-electron chi connectivity index (χ3n) is 2.75. The fourth-order valence-electron chi connectivity index (χ4n) is 1.96. The molecule has 0 saturated heterocycles. The first-order valence-electron chi connectivity index (χ1n) is 5.98. The van der Waals surface area contributed by atoms with Crippen molar-refractivity contribution >= 4 is 27.2 Å². The van der Waals surface area contributed by atoms with Crippen LogP contribution in [0.15, 0.2) is 22.8 Å². The number of carbonyl (C=O) groups excluding carboxylic acids is 1. The molecule has 7 heteroatoms. The van der Waals surface area contributed by atoms with Crippen molar-refractivity contribution in [1.82, 2.24) is 9.38 Å². The first-order valence-corrected chi connectivity index (χ1v) is 6.78. The second kappa shape index (κ2) is 5.20. The van der Waals surface area contributed by atoms with Crippen LogP contribution >= 0.6 is 15.9 Å². The summed E-state index contributed by atoms with van der Waals surface area (Å²) in [6.45, 7) is 3.87. The maximum atomic E-state index is 12.7. The normalized spacial score (nSPS) is 12.3. The Morgan fingerprint density at radius 1 is 1.45 bits per heavy atom. The van der Waals surface area contributed by atoms with Gasteiger partial charge in [0.1, 0.15) is 11.5 Å². The number of Topliss-reactive ketones (excluding diaryl/α,β-unsaturated/α-hetero) is 1. The lowest BCUT2D eigenvalue weighted by atomic mass is 10.1. The Hall–Kier alpha value is -1.37. The smallest absolute Gasteiger partial charge is 0.302 e. The highest BCUT2D eigenvalue weighted by Crippen LogP contribution is 2.29. The number of imidazole rings is 1. The number of nitrogens with zero attached hydrogens (tertiary/aromatic N) is 2. The number of aromatic nitrogens is 2. The van der Waals surface area contributed by atoms with Gasteiger partial charge in [-0.1, -0.05) is 13.8 Å². The summed E-state index contributed by atoms with van der Waals surface area (Å²) in [4.78, 5) is 15.4. The Balaban J connectivity index is 2.69. The lowest BCUT2D eigenvalue weighted by Gasteiger charge is -2.04. The summed E-state index contributed by atoms with van der Waals surface area (Å²) in [5, 5.41) is 0. The summed E-state index contributed by atoms with van der Waals surface area (Å²) < 4.78 is 39.9. The van der Waals surface area contributed by atoms with Gasteiger partial charge in [0.15, 0.2) is 0 Å². The van der Waals surface area contributed by atoms with Crippen LogP contribution in [0.5, 0.6) is 0 Å². The zero-order chi connectivity index (χ0) is 15.1. The van der Waals surface area contributed by atoms with Crippen LogP contribution in [0.3, 0.4) is 0 Å².